The van der Waals surface area contributed by atoms with Crippen molar-refractivity contribution in [2.24, 2.45) is 0 Å². The Balaban J connectivity index is 2.20. The fourth-order valence-corrected chi connectivity index (χ4v) is 3.77. The van der Waals surface area contributed by atoms with Gasteiger partial charge in [-0.05, 0) is 56.9 Å². The van der Waals surface area contributed by atoms with Gasteiger partial charge in [0.15, 0.2) is 0 Å². The van der Waals surface area contributed by atoms with Crippen molar-refractivity contribution >= 4 is 43.1 Å². The number of phenolic OH excluding ortho intramolecular Hbond substituents is 1. The summed E-state index contributed by atoms with van der Waals surface area (Å²) in [4.78, 5) is 0. The van der Waals surface area contributed by atoms with Gasteiger partial charge in [-0.2, -0.15) is 0 Å². The molecular weight excluding hydrogens is 268 g/mol. The maximum absolute atomic E-state index is 10.2. The zero-order valence-electron chi connectivity index (χ0n) is 12.2. The van der Waals surface area contributed by atoms with Crippen LogP contribution in [0.1, 0.15) is 5.56 Å². The van der Waals surface area contributed by atoms with Crippen LogP contribution in [0.3, 0.4) is 0 Å². The van der Waals surface area contributed by atoms with Gasteiger partial charge in [-0.3, -0.25) is 0 Å². The molecule has 0 bridgehead atoms. The van der Waals surface area contributed by atoms with E-state index in [0.717, 1.165) is 5.39 Å². The number of hydrogen-bond donors (Lipinski definition) is 1. The molecule has 0 saturated heterocycles. The highest BCUT2D eigenvalue weighted by molar-refractivity contribution is 6.29. The second-order valence-corrected chi connectivity index (χ2v) is 6.05. The minimum Gasteiger partial charge on any atom is -0.507 e. The molecule has 104 valence electrons. The topological polar surface area (TPSA) is 20.2 Å². The normalized spacial score (nSPS) is 12.0. The molecule has 1 N–H and O–H groups in total. The summed E-state index contributed by atoms with van der Waals surface area (Å²) >= 11 is 0. The van der Waals surface area contributed by atoms with Crippen molar-refractivity contribution in [2.45, 2.75) is 6.92 Å². The van der Waals surface area contributed by atoms with E-state index in [1.807, 2.05) is 12.1 Å². The van der Waals surface area contributed by atoms with E-state index in [-0.39, 0.29) is 0 Å². The van der Waals surface area contributed by atoms with Gasteiger partial charge in [-0.1, -0.05) is 48.5 Å². The van der Waals surface area contributed by atoms with E-state index in [2.05, 4.69) is 49.4 Å². The molecule has 0 spiro atoms. The van der Waals surface area contributed by atoms with Crippen molar-refractivity contribution in [2.75, 3.05) is 0 Å². The minimum atomic E-state index is 0.353. The molecule has 0 aliphatic carbocycles. The van der Waals surface area contributed by atoms with Gasteiger partial charge in [0.25, 0.3) is 0 Å². The standard InChI is InChI=1S/C21H14O/c1-12-3-2-4-15-16-8-5-13-7-10-19(22)17-9-6-14(11-18(12)15)21(16)20(13)17/h2-11,22H,1H3. The molecule has 0 atom stereocenters. The van der Waals surface area contributed by atoms with Gasteiger partial charge in [0.2, 0.25) is 0 Å². The van der Waals surface area contributed by atoms with Crippen LogP contribution in [0.25, 0.3) is 43.1 Å². The van der Waals surface area contributed by atoms with Crippen LogP contribution in [0.4, 0.5) is 0 Å². The Labute approximate surface area is 127 Å². The number of hydrogen-bond acceptors (Lipinski definition) is 1. The summed E-state index contributed by atoms with van der Waals surface area (Å²) in [5.41, 5.74) is 1.30. The van der Waals surface area contributed by atoms with Crippen LogP contribution in [0.2, 0.25) is 0 Å². The molecule has 1 nitrogen and oxygen atoms in total. The molecule has 0 aliphatic heterocycles. The quantitative estimate of drug-likeness (QED) is 0.283. The predicted octanol–water partition coefficient (Wildman–Crippen LogP) is 5.75. The first-order valence-electron chi connectivity index (χ1n) is 7.53. The summed E-state index contributed by atoms with van der Waals surface area (Å²) < 4.78 is 0. The Bertz CT molecular complexity index is 1180. The van der Waals surface area contributed by atoms with Crippen molar-refractivity contribution in [1.82, 2.24) is 0 Å². The molecule has 0 aromatic heterocycles. The van der Waals surface area contributed by atoms with Crippen molar-refractivity contribution in [3.63, 3.8) is 0 Å². The number of phenols is 1. The van der Waals surface area contributed by atoms with Crippen molar-refractivity contribution in [1.29, 1.82) is 0 Å². The van der Waals surface area contributed by atoms with Gasteiger partial charge in [0.05, 0.1) is 0 Å². The molecule has 5 rings (SSSR count). The zero-order valence-corrected chi connectivity index (χ0v) is 12.2. The molecule has 5 aromatic carbocycles. The smallest absolute Gasteiger partial charge is 0.123 e. The monoisotopic (exact) mass is 282 g/mol. The number of fused-ring (bicyclic) bond motifs is 2. The molecule has 22 heavy (non-hydrogen) atoms. The van der Waals surface area contributed by atoms with Gasteiger partial charge in [-0.15, -0.1) is 0 Å². The van der Waals surface area contributed by atoms with Crippen LogP contribution in [-0.4, -0.2) is 5.11 Å². The van der Waals surface area contributed by atoms with Crippen LogP contribution in [0.5, 0.6) is 5.75 Å². The van der Waals surface area contributed by atoms with E-state index in [1.165, 1.54) is 43.3 Å². The van der Waals surface area contributed by atoms with Gasteiger partial charge in [-0.25, -0.2) is 0 Å². The van der Waals surface area contributed by atoms with Gasteiger partial charge < -0.3 is 5.11 Å². The lowest BCUT2D eigenvalue weighted by molar-refractivity contribution is 0.482. The lowest BCUT2D eigenvalue weighted by Crippen LogP contribution is -1.87. The Morgan fingerprint density at radius 1 is 0.636 bits per heavy atom. The van der Waals surface area contributed by atoms with E-state index in [1.54, 1.807) is 6.07 Å². The summed E-state index contributed by atoms with van der Waals surface area (Å²) in [7, 11) is 0. The number of benzene rings is 5. The molecule has 1 heteroatoms. The zero-order chi connectivity index (χ0) is 14.8. The second-order valence-electron chi connectivity index (χ2n) is 6.05. The van der Waals surface area contributed by atoms with E-state index in [9.17, 15) is 5.11 Å². The maximum atomic E-state index is 10.2. The van der Waals surface area contributed by atoms with Crippen molar-refractivity contribution in [3.8, 4) is 5.75 Å². The highest BCUT2D eigenvalue weighted by Gasteiger charge is 2.13. The van der Waals surface area contributed by atoms with Crippen molar-refractivity contribution in [3.05, 3.63) is 66.2 Å². The van der Waals surface area contributed by atoms with Crippen LogP contribution >= 0.6 is 0 Å². The average Bonchev–Trinajstić information content (AvgIpc) is 2.54. The van der Waals surface area contributed by atoms with E-state index < -0.39 is 0 Å². The van der Waals surface area contributed by atoms with E-state index in [4.69, 9.17) is 0 Å². The number of rotatable bonds is 0. The summed E-state index contributed by atoms with van der Waals surface area (Å²) in [6, 6.07) is 21.0. The molecule has 0 heterocycles. The summed E-state index contributed by atoms with van der Waals surface area (Å²) in [5.74, 6) is 0.353. The summed E-state index contributed by atoms with van der Waals surface area (Å²) in [6.45, 7) is 2.16. The highest BCUT2D eigenvalue weighted by atomic mass is 16.3. The number of aromatic hydroxyl groups is 1. The van der Waals surface area contributed by atoms with E-state index in [0.29, 0.717) is 5.75 Å². The van der Waals surface area contributed by atoms with Gasteiger partial charge in [0, 0.05) is 10.8 Å². The van der Waals surface area contributed by atoms with Gasteiger partial charge in [0.1, 0.15) is 5.75 Å². The number of aryl methyl sites for hydroxylation is 1. The first kappa shape index (κ1) is 11.8. The SMILES string of the molecule is Cc1cccc2c1cc1ccc3c(O)ccc4ccc2c1c43. The van der Waals surface area contributed by atoms with Crippen LogP contribution in [0.15, 0.2) is 60.7 Å². The van der Waals surface area contributed by atoms with Crippen LogP contribution in [-0.2, 0) is 0 Å². The summed E-state index contributed by atoms with van der Waals surface area (Å²) in [6.07, 6.45) is 0. The molecule has 5 aromatic rings. The van der Waals surface area contributed by atoms with Gasteiger partial charge >= 0.3 is 0 Å². The maximum Gasteiger partial charge on any atom is 0.123 e. The molecule has 0 amide bonds. The third-order valence-electron chi connectivity index (χ3n) is 4.84. The van der Waals surface area contributed by atoms with Crippen molar-refractivity contribution < 1.29 is 5.11 Å². The Morgan fingerprint density at radius 2 is 1.36 bits per heavy atom. The third kappa shape index (κ3) is 1.33. The molecular formula is C21H14O. The predicted molar refractivity (Wildman–Crippen MR) is 94.1 cm³/mol. The fraction of sp³-hybridized carbons (Fsp3) is 0.0476. The molecule has 0 unspecified atom stereocenters. The lowest BCUT2D eigenvalue weighted by atomic mass is 9.90. The van der Waals surface area contributed by atoms with Crippen LogP contribution < -0.4 is 0 Å². The Morgan fingerprint density at radius 3 is 2.27 bits per heavy atom. The Hall–Kier alpha value is -2.80. The van der Waals surface area contributed by atoms with E-state index >= 15 is 0 Å². The first-order valence-corrected chi connectivity index (χ1v) is 7.53. The highest BCUT2D eigenvalue weighted by Crippen LogP contribution is 2.41. The minimum absolute atomic E-state index is 0.353. The fourth-order valence-electron chi connectivity index (χ4n) is 3.77. The first-order chi connectivity index (χ1) is 10.7. The Kier molecular flexibility index (Phi) is 2.09. The molecule has 0 saturated carbocycles. The largest absolute Gasteiger partial charge is 0.507 e. The molecule has 0 fully saturated rings. The lowest BCUT2D eigenvalue weighted by Gasteiger charge is -2.14. The third-order valence-corrected chi connectivity index (χ3v) is 4.84. The summed E-state index contributed by atoms with van der Waals surface area (Å²) in [5, 5.41) is 19.8. The molecule has 0 radical (unpaired) electrons. The molecule has 0 aliphatic rings. The van der Waals surface area contributed by atoms with Crippen LogP contribution in [0, 0.1) is 6.92 Å². The second kappa shape index (κ2) is 3.89. The average molecular weight is 282 g/mol.